The van der Waals surface area contributed by atoms with Gasteiger partial charge in [-0.2, -0.15) is 0 Å². The number of hydrogen-bond donors (Lipinski definition) is 1. The van der Waals surface area contributed by atoms with Crippen LogP contribution in [0.2, 0.25) is 0 Å². The summed E-state index contributed by atoms with van der Waals surface area (Å²) >= 11 is 0. The van der Waals surface area contributed by atoms with Gasteiger partial charge >= 0.3 is 0 Å². The zero-order valence-electron chi connectivity index (χ0n) is 15.2. The summed E-state index contributed by atoms with van der Waals surface area (Å²) in [5.41, 5.74) is 1.48. The number of benzene rings is 1. The number of unbranched alkanes of at least 4 members (excludes halogenated alkanes) is 1. The Labute approximate surface area is 149 Å². The molecule has 2 aliphatic rings. The van der Waals surface area contributed by atoms with Gasteiger partial charge in [0.2, 0.25) is 5.91 Å². The molecule has 1 N–H and O–H groups in total. The highest BCUT2D eigenvalue weighted by atomic mass is 16.5. The number of nitrogens with zero attached hydrogens (tertiary/aromatic N) is 1. The Morgan fingerprint density at radius 3 is 2.76 bits per heavy atom. The highest BCUT2D eigenvalue weighted by molar-refractivity contribution is 5.98. The van der Waals surface area contributed by atoms with Crippen molar-refractivity contribution in [3.8, 4) is 5.75 Å². The minimum Gasteiger partial charge on any atom is -0.481 e. The minimum absolute atomic E-state index is 0.0443. The van der Waals surface area contributed by atoms with Crippen LogP contribution in [-0.2, 0) is 9.59 Å². The number of ether oxygens (including phenoxy) is 1. The van der Waals surface area contributed by atoms with Crippen molar-refractivity contribution in [2.75, 3.05) is 23.9 Å². The number of anilines is 2. The van der Waals surface area contributed by atoms with Gasteiger partial charge in [0.05, 0.1) is 5.69 Å². The van der Waals surface area contributed by atoms with Crippen LogP contribution >= 0.6 is 0 Å². The molecule has 3 rings (SSSR count). The van der Waals surface area contributed by atoms with E-state index in [2.05, 4.69) is 12.2 Å². The first-order valence-corrected chi connectivity index (χ1v) is 9.42. The SMILES string of the molecule is CCCCC1CCC(C(=O)Nc2ccc3c(c2)OCC(=O)N3C)CC1. The number of hydrogen-bond acceptors (Lipinski definition) is 3. The molecule has 5 nitrogen and oxygen atoms in total. The maximum Gasteiger partial charge on any atom is 0.264 e. The predicted molar refractivity (Wildman–Crippen MR) is 98.9 cm³/mol. The third-order valence-electron chi connectivity index (χ3n) is 5.50. The van der Waals surface area contributed by atoms with E-state index in [0.29, 0.717) is 5.75 Å². The van der Waals surface area contributed by atoms with Gasteiger partial charge in [-0.25, -0.2) is 0 Å². The van der Waals surface area contributed by atoms with Gasteiger partial charge in [-0.15, -0.1) is 0 Å². The highest BCUT2D eigenvalue weighted by Crippen LogP contribution is 2.35. The van der Waals surface area contributed by atoms with Gasteiger partial charge in [0.25, 0.3) is 5.91 Å². The molecule has 5 heteroatoms. The lowest BCUT2D eigenvalue weighted by atomic mass is 9.79. The quantitative estimate of drug-likeness (QED) is 0.879. The Balaban J connectivity index is 1.56. The van der Waals surface area contributed by atoms with Crippen molar-refractivity contribution in [2.24, 2.45) is 11.8 Å². The van der Waals surface area contributed by atoms with Crippen LogP contribution in [0.1, 0.15) is 51.9 Å². The minimum atomic E-state index is -0.0656. The van der Waals surface area contributed by atoms with E-state index >= 15 is 0 Å². The third kappa shape index (κ3) is 4.14. The lowest BCUT2D eigenvalue weighted by Crippen LogP contribution is -2.35. The van der Waals surface area contributed by atoms with Crippen molar-refractivity contribution in [1.82, 2.24) is 0 Å². The molecule has 1 heterocycles. The smallest absolute Gasteiger partial charge is 0.264 e. The van der Waals surface area contributed by atoms with Crippen molar-refractivity contribution in [3.05, 3.63) is 18.2 Å². The molecule has 1 aliphatic heterocycles. The highest BCUT2D eigenvalue weighted by Gasteiger charge is 2.27. The maximum atomic E-state index is 12.6. The van der Waals surface area contributed by atoms with Crippen LogP contribution in [0.25, 0.3) is 0 Å². The van der Waals surface area contributed by atoms with Gasteiger partial charge in [-0.3, -0.25) is 9.59 Å². The van der Waals surface area contributed by atoms with Crippen molar-refractivity contribution in [2.45, 2.75) is 51.9 Å². The molecule has 0 bridgehead atoms. The van der Waals surface area contributed by atoms with Gasteiger partial charge in [0, 0.05) is 24.7 Å². The molecular formula is C20H28N2O3. The molecule has 1 aromatic carbocycles. The van der Waals surface area contributed by atoms with Crippen LogP contribution < -0.4 is 15.0 Å². The van der Waals surface area contributed by atoms with Gasteiger partial charge in [-0.05, 0) is 43.7 Å². The van der Waals surface area contributed by atoms with Gasteiger partial charge < -0.3 is 15.0 Å². The lowest BCUT2D eigenvalue weighted by Gasteiger charge is -2.28. The Hall–Kier alpha value is -2.04. The molecular weight excluding hydrogens is 316 g/mol. The maximum absolute atomic E-state index is 12.6. The second-order valence-electron chi connectivity index (χ2n) is 7.27. The third-order valence-corrected chi connectivity index (χ3v) is 5.50. The van der Waals surface area contributed by atoms with E-state index < -0.39 is 0 Å². The van der Waals surface area contributed by atoms with E-state index in [1.165, 1.54) is 19.3 Å². The second kappa shape index (κ2) is 7.89. The average molecular weight is 344 g/mol. The van der Waals surface area contributed by atoms with E-state index in [0.717, 1.165) is 43.0 Å². The Morgan fingerprint density at radius 2 is 2.04 bits per heavy atom. The van der Waals surface area contributed by atoms with Crippen molar-refractivity contribution < 1.29 is 14.3 Å². The molecule has 0 aromatic heterocycles. The molecule has 0 atom stereocenters. The summed E-state index contributed by atoms with van der Waals surface area (Å²) < 4.78 is 5.48. The van der Waals surface area contributed by atoms with Crippen molar-refractivity contribution in [1.29, 1.82) is 0 Å². The molecule has 2 amide bonds. The zero-order chi connectivity index (χ0) is 17.8. The van der Waals surface area contributed by atoms with E-state index in [1.807, 2.05) is 18.2 Å². The van der Waals surface area contributed by atoms with Crippen LogP contribution in [0.3, 0.4) is 0 Å². The van der Waals surface area contributed by atoms with Gasteiger partial charge in [0.1, 0.15) is 5.75 Å². The van der Waals surface area contributed by atoms with Crippen LogP contribution in [0.15, 0.2) is 18.2 Å². The van der Waals surface area contributed by atoms with E-state index in [1.54, 1.807) is 11.9 Å². The first-order chi connectivity index (χ1) is 12.1. The monoisotopic (exact) mass is 344 g/mol. The van der Waals surface area contributed by atoms with E-state index in [9.17, 15) is 9.59 Å². The number of carbonyl (C=O) groups is 2. The number of nitrogens with one attached hydrogen (secondary N) is 1. The first-order valence-electron chi connectivity index (χ1n) is 9.42. The lowest BCUT2D eigenvalue weighted by molar-refractivity contribution is -0.121. The summed E-state index contributed by atoms with van der Waals surface area (Å²) in [4.78, 5) is 25.8. The summed E-state index contributed by atoms with van der Waals surface area (Å²) in [6, 6.07) is 5.47. The number of amides is 2. The topological polar surface area (TPSA) is 58.6 Å². The van der Waals surface area contributed by atoms with Crippen molar-refractivity contribution >= 4 is 23.2 Å². The summed E-state index contributed by atoms with van der Waals surface area (Å²) in [5.74, 6) is 1.59. The normalized spacial score (nSPS) is 23.0. The first kappa shape index (κ1) is 17.8. The predicted octanol–water partition coefficient (Wildman–Crippen LogP) is 3.98. The van der Waals surface area contributed by atoms with Crippen LogP contribution in [0.5, 0.6) is 5.75 Å². The van der Waals surface area contributed by atoms with E-state index in [-0.39, 0.29) is 24.3 Å². The molecule has 1 fully saturated rings. The number of rotatable bonds is 5. The van der Waals surface area contributed by atoms with Crippen LogP contribution in [-0.4, -0.2) is 25.5 Å². The molecule has 0 unspecified atom stereocenters. The number of likely N-dealkylation sites (N-methyl/N-ethyl adjacent to an activating group) is 1. The molecule has 1 saturated carbocycles. The molecule has 1 aromatic rings. The summed E-state index contributed by atoms with van der Waals surface area (Å²) in [7, 11) is 1.74. The molecule has 0 radical (unpaired) electrons. The molecule has 136 valence electrons. The number of carbonyl (C=O) groups excluding carboxylic acids is 2. The second-order valence-corrected chi connectivity index (χ2v) is 7.27. The number of fused-ring (bicyclic) bond motifs is 1. The van der Waals surface area contributed by atoms with E-state index in [4.69, 9.17) is 4.74 Å². The fourth-order valence-electron chi connectivity index (χ4n) is 3.81. The van der Waals surface area contributed by atoms with Gasteiger partial charge in [0.15, 0.2) is 6.61 Å². The molecule has 1 aliphatic carbocycles. The summed E-state index contributed by atoms with van der Waals surface area (Å²) in [5, 5.41) is 3.02. The largest absolute Gasteiger partial charge is 0.481 e. The summed E-state index contributed by atoms with van der Waals surface area (Å²) in [6.07, 6.45) is 8.16. The molecule has 25 heavy (non-hydrogen) atoms. The van der Waals surface area contributed by atoms with Crippen molar-refractivity contribution in [3.63, 3.8) is 0 Å². The van der Waals surface area contributed by atoms with Crippen LogP contribution in [0.4, 0.5) is 11.4 Å². The Kier molecular flexibility index (Phi) is 5.61. The fourth-order valence-corrected chi connectivity index (χ4v) is 3.81. The standard InChI is InChI=1S/C20H28N2O3/c1-3-4-5-14-6-8-15(9-7-14)20(24)21-16-10-11-17-18(12-16)25-13-19(23)22(17)2/h10-12,14-15H,3-9,13H2,1-2H3,(H,21,24). The molecule has 0 spiro atoms. The Morgan fingerprint density at radius 1 is 1.28 bits per heavy atom. The Bertz CT molecular complexity index is 636. The zero-order valence-corrected chi connectivity index (χ0v) is 15.2. The summed E-state index contributed by atoms with van der Waals surface area (Å²) in [6.45, 7) is 2.28. The molecule has 0 saturated heterocycles. The van der Waals surface area contributed by atoms with Gasteiger partial charge in [-0.1, -0.05) is 26.2 Å². The van der Waals surface area contributed by atoms with Crippen LogP contribution in [0, 0.1) is 11.8 Å². The average Bonchev–Trinajstić information content (AvgIpc) is 2.63. The fraction of sp³-hybridized carbons (Fsp3) is 0.600.